The average molecular weight is 302 g/mol. The van der Waals surface area contributed by atoms with Crippen molar-refractivity contribution in [3.63, 3.8) is 0 Å². The van der Waals surface area contributed by atoms with Crippen LogP contribution in [0.4, 0.5) is 4.79 Å². The maximum Gasteiger partial charge on any atom is 0.405 e. The van der Waals surface area contributed by atoms with Gasteiger partial charge in [0.25, 0.3) is 0 Å². The number of hydrogen-bond acceptors (Lipinski definition) is 3. The van der Waals surface area contributed by atoms with Crippen LogP contribution in [0.2, 0.25) is 0 Å². The van der Waals surface area contributed by atoms with Crippen LogP contribution in [0.5, 0.6) is 0 Å². The minimum absolute atomic E-state index is 0.341. The van der Waals surface area contributed by atoms with Crippen molar-refractivity contribution < 1.29 is 14.7 Å². The fourth-order valence-corrected chi connectivity index (χ4v) is 2.02. The molecule has 0 aliphatic rings. The van der Waals surface area contributed by atoms with Gasteiger partial charge in [0.05, 0.1) is 6.33 Å². The molecular formula is C15H18N4O3. The van der Waals surface area contributed by atoms with Gasteiger partial charge in [-0.1, -0.05) is 30.3 Å². The van der Waals surface area contributed by atoms with E-state index in [1.54, 1.807) is 23.3 Å². The summed E-state index contributed by atoms with van der Waals surface area (Å²) < 4.78 is 1.79. The van der Waals surface area contributed by atoms with E-state index in [-0.39, 0.29) is 5.91 Å². The van der Waals surface area contributed by atoms with Crippen LogP contribution < -0.4 is 10.6 Å². The van der Waals surface area contributed by atoms with Crippen LogP contribution in [-0.4, -0.2) is 32.7 Å². The van der Waals surface area contributed by atoms with Crippen LogP contribution in [0.1, 0.15) is 12.0 Å². The van der Waals surface area contributed by atoms with Crippen LogP contribution >= 0.6 is 0 Å². The number of benzene rings is 1. The van der Waals surface area contributed by atoms with Crippen molar-refractivity contribution in [2.45, 2.75) is 25.6 Å². The summed E-state index contributed by atoms with van der Waals surface area (Å²) in [7, 11) is 0. The third-order valence-electron chi connectivity index (χ3n) is 3.16. The van der Waals surface area contributed by atoms with Gasteiger partial charge in [-0.3, -0.25) is 4.79 Å². The number of rotatable bonds is 7. The number of carbonyl (C=O) groups is 2. The topological polar surface area (TPSA) is 96.2 Å². The molecule has 22 heavy (non-hydrogen) atoms. The number of carbonyl (C=O) groups excluding carboxylic acids is 1. The molecule has 0 aliphatic heterocycles. The van der Waals surface area contributed by atoms with E-state index in [2.05, 4.69) is 15.6 Å². The Kier molecular flexibility index (Phi) is 5.53. The second kappa shape index (κ2) is 7.82. The molecule has 1 heterocycles. The monoisotopic (exact) mass is 302 g/mol. The molecule has 0 saturated heterocycles. The first-order chi connectivity index (χ1) is 10.6. The first-order valence-electron chi connectivity index (χ1n) is 6.92. The molecule has 0 aliphatic carbocycles. The Morgan fingerprint density at radius 1 is 1.27 bits per heavy atom. The van der Waals surface area contributed by atoms with Gasteiger partial charge >= 0.3 is 6.09 Å². The highest BCUT2D eigenvalue weighted by Gasteiger charge is 2.20. The summed E-state index contributed by atoms with van der Waals surface area (Å²) in [4.78, 5) is 26.9. The number of amides is 2. The summed E-state index contributed by atoms with van der Waals surface area (Å²) in [5, 5.41) is 13.9. The van der Waals surface area contributed by atoms with E-state index in [9.17, 15) is 9.59 Å². The number of hydrogen-bond donors (Lipinski definition) is 3. The Labute approximate surface area is 128 Å². The van der Waals surface area contributed by atoms with Gasteiger partial charge < -0.3 is 20.3 Å². The zero-order chi connectivity index (χ0) is 15.8. The van der Waals surface area contributed by atoms with Crippen LogP contribution in [0.3, 0.4) is 0 Å². The van der Waals surface area contributed by atoms with Crippen molar-refractivity contribution in [1.29, 1.82) is 0 Å². The van der Waals surface area contributed by atoms with E-state index in [1.165, 1.54) is 0 Å². The number of carboxylic acid groups (broad SMARTS) is 1. The second-order valence-electron chi connectivity index (χ2n) is 4.79. The molecule has 2 aromatic rings. The van der Waals surface area contributed by atoms with Crippen molar-refractivity contribution in [3.05, 3.63) is 54.6 Å². The highest BCUT2D eigenvalue weighted by Crippen LogP contribution is 2.01. The molecule has 0 bridgehead atoms. The molecule has 0 saturated carbocycles. The van der Waals surface area contributed by atoms with E-state index < -0.39 is 12.1 Å². The molecule has 1 aromatic carbocycles. The Hall–Kier alpha value is -2.83. The first-order valence-corrected chi connectivity index (χ1v) is 6.92. The number of nitrogens with one attached hydrogen (secondary N) is 2. The molecule has 1 unspecified atom stereocenters. The predicted octanol–water partition coefficient (Wildman–Crippen LogP) is 1.23. The lowest BCUT2D eigenvalue weighted by Gasteiger charge is -2.17. The Morgan fingerprint density at radius 3 is 2.68 bits per heavy atom. The molecule has 2 rings (SSSR count). The van der Waals surface area contributed by atoms with Gasteiger partial charge in [0.1, 0.15) is 6.04 Å². The van der Waals surface area contributed by atoms with Crippen molar-refractivity contribution >= 4 is 12.0 Å². The molecule has 0 spiro atoms. The van der Waals surface area contributed by atoms with Crippen molar-refractivity contribution in [3.8, 4) is 0 Å². The normalized spacial score (nSPS) is 11.6. The lowest BCUT2D eigenvalue weighted by Crippen LogP contribution is -2.46. The molecule has 7 nitrogen and oxygen atoms in total. The van der Waals surface area contributed by atoms with Crippen LogP contribution in [0.25, 0.3) is 0 Å². The molecule has 7 heteroatoms. The molecule has 116 valence electrons. The summed E-state index contributed by atoms with van der Waals surface area (Å²) in [6.07, 6.45) is 4.16. The first kappa shape index (κ1) is 15.6. The summed E-state index contributed by atoms with van der Waals surface area (Å²) in [5.41, 5.74) is 0.958. The third kappa shape index (κ3) is 4.93. The van der Waals surface area contributed by atoms with E-state index >= 15 is 0 Å². The molecule has 0 radical (unpaired) electrons. The highest BCUT2D eigenvalue weighted by atomic mass is 16.4. The van der Waals surface area contributed by atoms with E-state index in [1.807, 2.05) is 30.3 Å². The lowest BCUT2D eigenvalue weighted by atomic mass is 10.1. The van der Waals surface area contributed by atoms with Crippen LogP contribution in [0.15, 0.2) is 49.1 Å². The van der Waals surface area contributed by atoms with Gasteiger partial charge in [0.15, 0.2) is 0 Å². The van der Waals surface area contributed by atoms with Crippen molar-refractivity contribution in [1.82, 2.24) is 20.2 Å². The quantitative estimate of drug-likeness (QED) is 0.716. The number of nitrogens with zero attached hydrogens (tertiary/aromatic N) is 2. The summed E-state index contributed by atoms with van der Waals surface area (Å²) in [6, 6.07) is 8.65. The molecular weight excluding hydrogens is 284 g/mol. The zero-order valence-corrected chi connectivity index (χ0v) is 12.0. The van der Waals surface area contributed by atoms with Crippen molar-refractivity contribution in [2.24, 2.45) is 0 Å². The smallest absolute Gasteiger partial charge is 0.405 e. The van der Waals surface area contributed by atoms with Crippen LogP contribution in [0, 0.1) is 0 Å². The Balaban J connectivity index is 1.89. The van der Waals surface area contributed by atoms with E-state index in [4.69, 9.17) is 5.11 Å². The van der Waals surface area contributed by atoms with Gasteiger partial charge in [-0.05, 0) is 12.0 Å². The van der Waals surface area contributed by atoms with Crippen LogP contribution in [-0.2, 0) is 17.9 Å². The fourth-order valence-electron chi connectivity index (χ4n) is 2.02. The molecule has 2 amide bonds. The van der Waals surface area contributed by atoms with E-state index in [0.29, 0.717) is 19.5 Å². The van der Waals surface area contributed by atoms with Gasteiger partial charge in [-0.15, -0.1) is 0 Å². The summed E-state index contributed by atoms with van der Waals surface area (Å²) in [6.45, 7) is 0.867. The van der Waals surface area contributed by atoms with Gasteiger partial charge in [-0.25, -0.2) is 9.78 Å². The maximum absolute atomic E-state index is 12.1. The average Bonchev–Trinajstić information content (AvgIpc) is 3.03. The zero-order valence-electron chi connectivity index (χ0n) is 12.0. The molecule has 3 N–H and O–H groups in total. The molecule has 1 aromatic heterocycles. The van der Waals surface area contributed by atoms with Crippen molar-refractivity contribution in [2.75, 3.05) is 0 Å². The second-order valence-corrected chi connectivity index (χ2v) is 4.79. The highest BCUT2D eigenvalue weighted by molar-refractivity contribution is 5.85. The molecule has 0 fully saturated rings. The summed E-state index contributed by atoms with van der Waals surface area (Å²) >= 11 is 0. The number of imidazole rings is 1. The van der Waals surface area contributed by atoms with Gasteiger partial charge in [0, 0.05) is 25.5 Å². The lowest BCUT2D eigenvalue weighted by molar-refractivity contribution is -0.123. The van der Waals surface area contributed by atoms with Gasteiger partial charge in [-0.2, -0.15) is 0 Å². The largest absolute Gasteiger partial charge is 0.465 e. The number of aryl methyl sites for hydroxylation is 1. The fraction of sp³-hybridized carbons (Fsp3) is 0.267. The Bertz CT molecular complexity index is 599. The number of aromatic nitrogens is 2. The minimum atomic E-state index is -1.22. The SMILES string of the molecule is O=C(O)NC(CCn1ccnc1)C(=O)NCc1ccccc1. The minimum Gasteiger partial charge on any atom is -0.465 e. The standard InChI is InChI=1S/C15H18N4O3/c20-14(17-10-12-4-2-1-3-5-12)13(18-15(21)22)6-8-19-9-7-16-11-19/h1-5,7,9,11,13,18H,6,8,10H2,(H,17,20)(H,21,22). The maximum atomic E-state index is 12.1. The van der Waals surface area contributed by atoms with Gasteiger partial charge in [0.2, 0.25) is 5.91 Å². The summed E-state index contributed by atoms with van der Waals surface area (Å²) in [5.74, 6) is -0.341. The molecule has 1 atom stereocenters. The predicted molar refractivity (Wildman–Crippen MR) is 80.1 cm³/mol. The Morgan fingerprint density at radius 2 is 2.05 bits per heavy atom. The third-order valence-corrected chi connectivity index (χ3v) is 3.16. The van der Waals surface area contributed by atoms with E-state index in [0.717, 1.165) is 5.56 Å².